The van der Waals surface area contributed by atoms with Crippen LogP contribution in [-0.2, 0) is 11.3 Å². The summed E-state index contributed by atoms with van der Waals surface area (Å²) in [4.78, 5) is 51.0. The number of allylic oxidation sites excluding steroid dienone is 1. The minimum atomic E-state index is -0.774. The molecule has 0 aliphatic carbocycles. The third-order valence-corrected chi connectivity index (χ3v) is 6.76. The van der Waals surface area contributed by atoms with Crippen LogP contribution in [0.25, 0.3) is 5.69 Å². The summed E-state index contributed by atoms with van der Waals surface area (Å²) in [6, 6.07) is 10.9. The third-order valence-electron chi connectivity index (χ3n) is 6.76. The number of Topliss-reactive ketones (excluding diaryl/α,β-unsaturated/α-hetero) is 1. The topological polar surface area (TPSA) is 102 Å². The number of ketones is 1. The number of benzene rings is 2. The van der Waals surface area contributed by atoms with Crippen LogP contribution in [0.3, 0.4) is 0 Å². The Kier molecular flexibility index (Phi) is 5.81. The molecule has 192 valence electrons. The molecule has 0 saturated heterocycles. The van der Waals surface area contributed by atoms with E-state index >= 15 is 0 Å². The summed E-state index contributed by atoms with van der Waals surface area (Å²) in [5.41, 5.74) is 0.687. The van der Waals surface area contributed by atoms with Gasteiger partial charge in [-0.25, -0.2) is 23.5 Å². The van der Waals surface area contributed by atoms with Crippen molar-refractivity contribution in [2.24, 2.45) is 5.92 Å². The number of carbonyl (C=O) groups excluding carboxylic acids is 2. The molecule has 2 aliphatic heterocycles. The summed E-state index contributed by atoms with van der Waals surface area (Å²) in [6.45, 7) is 9.37. The molecule has 3 aromatic rings. The van der Waals surface area contributed by atoms with E-state index in [-0.39, 0.29) is 24.2 Å². The lowest BCUT2D eigenvalue weighted by atomic mass is 9.83. The van der Waals surface area contributed by atoms with Crippen LogP contribution in [0, 0.1) is 5.92 Å². The molecule has 0 radical (unpaired) electrons. The van der Waals surface area contributed by atoms with Gasteiger partial charge in [-0.2, -0.15) is 0 Å². The second-order valence-corrected chi connectivity index (χ2v) is 10.4. The Balaban J connectivity index is 1.61. The molecule has 1 unspecified atom stereocenters. The van der Waals surface area contributed by atoms with E-state index in [4.69, 9.17) is 9.47 Å². The van der Waals surface area contributed by atoms with E-state index in [2.05, 4.69) is 0 Å². The number of hydrogen-bond donors (Lipinski definition) is 0. The van der Waals surface area contributed by atoms with E-state index in [1.165, 1.54) is 16.3 Å². The molecule has 5 rings (SSSR count). The van der Waals surface area contributed by atoms with Crippen LogP contribution in [0.5, 0.6) is 11.5 Å². The van der Waals surface area contributed by atoms with Gasteiger partial charge in [0.25, 0.3) is 0 Å². The molecule has 0 fully saturated rings. The van der Waals surface area contributed by atoms with Crippen molar-refractivity contribution in [3.63, 3.8) is 0 Å². The Morgan fingerprint density at radius 2 is 1.78 bits per heavy atom. The van der Waals surface area contributed by atoms with Gasteiger partial charge in [-0.3, -0.25) is 9.59 Å². The molecule has 0 saturated carbocycles. The Hall–Kier alpha value is -4.14. The summed E-state index contributed by atoms with van der Waals surface area (Å²) in [5.74, 6) is 0.573. The number of rotatable bonds is 5. The van der Waals surface area contributed by atoms with Crippen LogP contribution in [0.1, 0.15) is 63.0 Å². The second-order valence-electron chi connectivity index (χ2n) is 10.4. The van der Waals surface area contributed by atoms with Crippen LogP contribution in [-0.4, -0.2) is 31.3 Å². The first-order valence-electron chi connectivity index (χ1n) is 12.3. The van der Waals surface area contributed by atoms with Crippen LogP contribution < -0.4 is 20.9 Å². The number of esters is 1. The van der Waals surface area contributed by atoms with Crippen LogP contribution in [0.2, 0.25) is 0 Å². The maximum absolute atomic E-state index is 13.7. The van der Waals surface area contributed by atoms with E-state index in [1.807, 2.05) is 33.8 Å². The SMILES string of the molecule is CC(=O)c1ccc(-n2c(=O)n3n(c2=O)C2C(=CC3)C(C)(C)Oc3cc(OC(=O)CC(C)C)ccc32)cc1. The lowest BCUT2D eigenvalue weighted by molar-refractivity contribution is -0.135. The molecule has 37 heavy (non-hydrogen) atoms. The van der Waals surface area contributed by atoms with Crippen LogP contribution in [0.15, 0.2) is 63.7 Å². The van der Waals surface area contributed by atoms with Gasteiger partial charge in [-0.15, -0.1) is 0 Å². The van der Waals surface area contributed by atoms with Gasteiger partial charge in [-0.1, -0.05) is 19.9 Å². The van der Waals surface area contributed by atoms with Gasteiger partial charge in [0.05, 0.1) is 12.2 Å². The fourth-order valence-electron chi connectivity index (χ4n) is 5.01. The number of fused-ring (bicyclic) bond motifs is 5. The summed E-state index contributed by atoms with van der Waals surface area (Å²) in [5, 5.41) is 0. The second kappa shape index (κ2) is 8.76. The molecule has 9 nitrogen and oxygen atoms in total. The molecule has 1 atom stereocenters. The van der Waals surface area contributed by atoms with Crippen molar-refractivity contribution in [2.45, 2.75) is 59.2 Å². The van der Waals surface area contributed by atoms with Crippen molar-refractivity contribution in [1.29, 1.82) is 0 Å². The van der Waals surface area contributed by atoms with E-state index in [0.717, 1.165) is 10.1 Å². The number of hydrogen-bond acceptors (Lipinski definition) is 6. The molecular weight excluding hydrogens is 474 g/mol. The van der Waals surface area contributed by atoms with Gasteiger partial charge in [-0.05, 0) is 68.7 Å². The Morgan fingerprint density at radius 1 is 1.08 bits per heavy atom. The first kappa shape index (κ1) is 24.5. The number of ether oxygens (including phenoxy) is 2. The summed E-state index contributed by atoms with van der Waals surface area (Å²) < 4.78 is 15.8. The Bertz CT molecular complexity index is 1570. The van der Waals surface area contributed by atoms with E-state index < -0.39 is 23.0 Å². The van der Waals surface area contributed by atoms with Crippen LogP contribution >= 0.6 is 0 Å². The van der Waals surface area contributed by atoms with Crippen molar-refractivity contribution in [1.82, 2.24) is 13.9 Å². The first-order valence-corrected chi connectivity index (χ1v) is 12.3. The number of aromatic nitrogens is 3. The highest BCUT2D eigenvalue weighted by molar-refractivity contribution is 5.94. The average Bonchev–Trinajstić information content (AvgIpc) is 3.08. The van der Waals surface area contributed by atoms with Gasteiger partial charge < -0.3 is 9.47 Å². The highest BCUT2D eigenvalue weighted by Gasteiger charge is 2.44. The largest absolute Gasteiger partial charge is 0.483 e. The number of nitrogens with zero attached hydrogens (tertiary/aromatic N) is 3. The van der Waals surface area contributed by atoms with Crippen molar-refractivity contribution < 1.29 is 19.1 Å². The molecule has 1 aromatic heterocycles. The predicted octanol–water partition coefficient (Wildman–Crippen LogP) is 3.66. The van der Waals surface area contributed by atoms with Crippen molar-refractivity contribution in [3.05, 3.63) is 86.2 Å². The fraction of sp³-hybridized carbons (Fsp3) is 0.357. The molecule has 0 N–H and O–H groups in total. The summed E-state index contributed by atoms with van der Waals surface area (Å²) in [6.07, 6.45) is 2.22. The minimum absolute atomic E-state index is 0.101. The smallest absolute Gasteiger partial charge is 0.352 e. The molecule has 0 spiro atoms. The molecule has 2 aromatic carbocycles. The standard InChI is InChI=1S/C28H29N3O6/c1-16(2)14-24(33)36-20-10-11-21-23(15-20)37-28(4,5)22-12-13-29-26(34)30(27(35)31(29)25(21)22)19-8-6-18(7-9-19)17(3)32/h6-12,15-16,25H,13-14H2,1-5H3. The highest BCUT2D eigenvalue weighted by atomic mass is 16.5. The van der Waals surface area contributed by atoms with Crippen molar-refractivity contribution >= 4 is 11.8 Å². The zero-order valence-electron chi connectivity index (χ0n) is 21.5. The van der Waals surface area contributed by atoms with E-state index in [9.17, 15) is 19.2 Å². The normalized spacial score (nSPS) is 17.2. The average molecular weight is 504 g/mol. The van der Waals surface area contributed by atoms with E-state index in [0.29, 0.717) is 34.7 Å². The molecular formula is C28H29N3O6. The highest BCUT2D eigenvalue weighted by Crippen LogP contribution is 2.47. The van der Waals surface area contributed by atoms with Crippen molar-refractivity contribution in [3.8, 4) is 17.2 Å². The summed E-state index contributed by atoms with van der Waals surface area (Å²) in [7, 11) is 0. The van der Waals surface area contributed by atoms with Gasteiger partial charge >= 0.3 is 17.3 Å². The minimum Gasteiger partial charge on any atom is -0.483 e. The Morgan fingerprint density at radius 3 is 2.43 bits per heavy atom. The third kappa shape index (κ3) is 4.14. The molecule has 0 bridgehead atoms. The Labute approximate surface area is 213 Å². The number of carbonyl (C=O) groups is 2. The maximum Gasteiger partial charge on any atom is 0.352 e. The molecule has 3 heterocycles. The predicted molar refractivity (Wildman–Crippen MR) is 137 cm³/mol. The van der Waals surface area contributed by atoms with Crippen LogP contribution in [0.4, 0.5) is 0 Å². The van der Waals surface area contributed by atoms with Gasteiger partial charge in [0, 0.05) is 23.6 Å². The maximum atomic E-state index is 13.7. The van der Waals surface area contributed by atoms with Crippen molar-refractivity contribution in [2.75, 3.05) is 0 Å². The zero-order chi connectivity index (χ0) is 26.6. The van der Waals surface area contributed by atoms with Gasteiger partial charge in [0.15, 0.2) is 5.78 Å². The molecule has 0 amide bonds. The lowest BCUT2D eigenvalue weighted by Crippen LogP contribution is -2.46. The zero-order valence-corrected chi connectivity index (χ0v) is 21.5. The van der Waals surface area contributed by atoms with Gasteiger partial charge in [0.1, 0.15) is 23.1 Å². The summed E-state index contributed by atoms with van der Waals surface area (Å²) >= 11 is 0. The lowest BCUT2D eigenvalue weighted by Gasteiger charge is -2.42. The first-order chi connectivity index (χ1) is 17.5. The molecule has 9 heteroatoms. The van der Waals surface area contributed by atoms with Gasteiger partial charge in [0.2, 0.25) is 0 Å². The molecule has 2 aliphatic rings. The fourth-order valence-corrected chi connectivity index (χ4v) is 5.01. The van der Waals surface area contributed by atoms with E-state index in [1.54, 1.807) is 42.5 Å². The monoisotopic (exact) mass is 503 g/mol. The quantitative estimate of drug-likeness (QED) is 0.228.